The fraction of sp³-hybridized carbons (Fsp3) is 0.538. The first kappa shape index (κ1) is 12.7. The number of methoxy groups -OCH3 is 1. The highest BCUT2D eigenvalue weighted by atomic mass is 35.5. The summed E-state index contributed by atoms with van der Waals surface area (Å²) in [6, 6.07) is 5.68. The van der Waals surface area contributed by atoms with Crippen LogP contribution in [0.2, 0.25) is 5.02 Å². The number of aliphatic hydroxyl groups excluding tert-OH is 1. The molecule has 0 radical (unpaired) electrons. The van der Waals surface area contributed by atoms with E-state index in [4.69, 9.17) is 21.1 Å². The third kappa shape index (κ3) is 2.92. The number of halogens is 1. The lowest BCUT2D eigenvalue weighted by Gasteiger charge is -2.29. The van der Waals surface area contributed by atoms with Gasteiger partial charge in [0.25, 0.3) is 0 Å². The summed E-state index contributed by atoms with van der Waals surface area (Å²) in [5.41, 5.74) is 1.06. The van der Waals surface area contributed by atoms with Crippen LogP contribution in [0.25, 0.3) is 0 Å². The Labute approximate surface area is 106 Å². The topological polar surface area (TPSA) is 38.7 Å². The Morgan fingerprint density at radius 3 is 2.76 bits per heavy atom. The molecule has 3 nitrogen and oxygen atoms in total. The van der Waals surface area contributed by atoms with Crippen molar-refractivity contribution >= 4 is 11.6 Å². The van der Waals surface area contributed by atoms with Crippen molar-refractivity contribution in [2.75, 3.05) is 26.9 Å². The van der Waals surface area contributed by atoms with Crippen LogP contribution >= 0.6 is 11.6 Å². The van der Waals surface area contributed by atoms with Crippen molar-refractivity contribution in [3.05, 3.63) is 28.8 Å². The largest absolute Gasteiger partial charge is 0.495 e. The highest BCUT2D eigenvalue weighted by Gasteiger charge is 2.24. The summed E-state index contributed by atoms with van der Waals surface area (Å²) in [5.74, 6) is 1.36. The van der Waals surface area contributed by atoms with Crippen LogP contribution < -0.4 is 4.74 Å². The molecule has 1 saturated heterocycles. The van der Waals surface area contributed by atoms with Crippen LogP contribution in [-0.2, 0) is 4.74 Å². The van der Waals surface area contributed by atoms with Crippen LogP contribution in [-0.4, -0.2) is 32.0 Å². The van der Waals surface area contributed by atoms with E-state index in [1.165, 1.54) is 0 Å². The monoisotopic (exact) mass is 256 g/mol. The fourth-order valence-electron chi connectivity index (χ4n) is 2.08. The van der Waals surface area contributed by atoms with Crippen molar-refractivity contribution < 1.29 is 14.6 Å². The highest BCUT2D eigenvalue weighted by Crippen LogP contribution is 2.32. The average molecular weight is 257 g/mol. The van der Waals surface area contributed by atoms with Crippen LogP contribution in [0.5, 0.6) is 5.75 Å². The third-order valence-electron chi connectivity index (χ3n) is 3.19. The van der Waals surface area contributed by atoms with Gasteiger partial charge in [-0.25, -0.2) is 0 Å². The lowest BCUT2D eigenvalue weighted by molar-refractivity contribution is -0.0405. The molecule has 0 saturated carbocycles. The maximum Gasteiger partial charge on any atom is 0.137 e. The van der Waals surface area contributed by atoms with E-state index >= 15 is 0 Å². The fourth-order valence-corrected chi connectivity index (χ4v) is 2.34. The Kier molecular flexibility index (Phi) is 4.26. The molecule has 0 spiro atoms. The lowest BCUT2D eigenvalue weighted by Crippen LogP contribution is -2.29. The second-order valence-electron chi connectivity index (χ2n) is 4.41. The maximum atomic E-state index is 9.45. The first-order chi connectivity index (χ1) is 8.24. The zero-order valence-corrected chi connectivity index (χ0v) is 10.6. The summed E-state index contributed by atoms with van der Waals surface area (Å²) in [5, 5.41) is 10.0. The molecule has 0 amide bonds. The standard InChI is InChI=1S/C13H17ClO3/c1-16-13-3-2-10(5-12(13)14)11(6-15)4-9-7-17-8-9/h2-3,5,9,11,15H,4,6-8H2,1H3. The summed E-state index contributed by atoms with van der Waals surface area (Å²) < 4.78 is 10.3. The van der Waals surface area contributed by atoms with Gasteiger partial charge in [0.15, 0.2) is 0 Å². The van der Waals surface area contributed by atoms with Gasteiger partial charge in [-0.3, -0.25) is 0 Å². The van der Waals surface area contributed by atoms with Crippen molar-refractivity contribution in [1.82, 2.24) is 0 Å². The van der Waals surface area contributed by atoms with Gasteiger partial charge in [-0.15, -0.1) is 0 Å². The zero-order chi connectivity index (χ0) is 12.3. The van der Waals surface area contributed by atoms with E-state index in [-0.39, 0.29) is 12.5 Å². The van der Waals surface area contributed by atoms with E-state index in [9.17, 15) is 5.11 Å². The van der Waals surface area contributed by atoms with Crippen molar-refractivity contribution in [2.24, 2.45) is 5.92 Å². The van der Waals surface area contributed by atoms with E-state index in [1.54, 1.807) is 7.11 Å². The third-order valence-corrected chi connectivity index (χ3v) is 3.49. The minimum Gasteiger partial charge on any atom is -0.495 e. The number of aliphatic hydroxyl groups is 1. The van der Waals surface area contributed by atoms with E-state index in [0.717, 1.165) is 25.2 Å². The molecule has 1 aliphatic rings. The Morgan fingerprint density at radius 1 is 1.53 bits per heavy atom. The van der Waals surface area contributed by atoms with Gasteiger partial charge in [0.1, 0.15) is 5.75 Å². The molecule has 1 aromatic carbocycles. The van der Waals surface area contributed by atoms with E-state index in [1.807, 2.05) is 18.2 Å². The summed E-state index contributed by atoms with van der Waals surface area (Å²) in [7, 11) is 1.59. The average Bonchev–Trinajstić information content (AvgIpc) is 2.28. The molecule has 0 aromatic heterocycles. The normalized spacial score (nSPS) is 17.6. The van der Waals surface area contributed by atoms with Gasteiger partial charge in [-0.05, 0) is 24.1 Å². The summed E-state index contributed by atoms with van der Waals surface area (Å²) in [6.07, 6.45) is 0.944. The first-order valence-corrected chi connectivity index (χ1v) is 6.14. The minimum atomic E-state index is 0.132. The van der Waals surface area contributed by atoms with Gasteiger partial charge in [0.2, 0.25) is 0 Å². The molecule has 1 fully saturated rings. The smallest absolute Gasteiger partial charge is 0.137 e. The Balaban J connectivity index is 2.09. The molecule has 4 heteroatoms. The van der Waals surface area contributed by atoms with Crippen LogP contribution in [0.3, 0.4) is 0 Å². The summed E-state index contributed by atoms with van der Waals surface area (Å²) in [4.78, 5) is 0. The zero-order valence-electron chi connectivity index (χ0n) is 9.86. The van der Waals surface area contributed by atoms with Crippen LogP contribution in [0.4, 0.5) is 0 Å². The number of rotatable bonds is 5. The molecular weight excluding hydrogens is 240 g/mol. The molecule has 1 heterocycles. The van der Waals surface area contributed by atoms with Crippen molar-refractivity contribution in [2.45, 2.75) is 12.3 Å². The number of ether oxygens (including phenoxy) is 2. The SMILES string of the molecule is COc1ccc(C(CO)CC2COC2)cc1Cl. The van der Waals surface area contributed by atoms with Gasteiger partial charge >= 0.3 is 0 Å². The molecule has 94 valence electrons. The summed E-state index contributed by atoms with van der Waals surface area (Å²) in [6.45, 7) is 1.75. The number of benzene rings is 1. The molecular formula is C13H17ClO3. The molecule has 2 rings (SSSR count). The Hall–Kier alpha value is -0.770. The molecule has 0 aliphatic carbocycles. The van der Waals surface area contributed by atoms with E-state index in [0.29, 0.717) is 16.7 Å². The molecule has 1 unspecified atom stereocenters. The van der Waals surface area contributed by atoms with Gasteiger partial charge in [-0.1, -0.05) is 17.7 Å². The maximum absolute atomic E-state index is 9.45. The molecule has 1 aliphatic heterocycles. The Morgan fingerprint density at radius 2 is 2.29 bits per heavy atom. The molecule has 17 heavy (non-hydrogen) atoms. The second-order valence-corrected chi connectivity index (χ2v) is 4.82. The molecule has 0 bridgehead atoms. The predicted octanol–water partition coefficient (Wildman–Crippen LogP) is 2.46. The minimum absolute atomic E-state index is 0.132. The molecule has 1 atom stereocenters. The lowest BCUT2D eigenvalue weighted by atomic mass is 9.88. The van der Waals surface area contributed by atoms with Gasteiger partial charge in [0.05, 0.1) is 25.3 Å². The molecule has 1 N–H and O–H groups in total. The second kappa shape index (κ2) is 5.71. The number of hydrogen-bond acceptors (Lipinski definition) is 3. The van der Waals surface area contributed by atoms with Gasteiger partial charge < -0.3 is 14.6 Å². The van der Waals surface area contributed by atoms with Crippen LogP contribution in [0.1, 0.15) is 17.9 Å². The van der Waals surface area contributed by atoms with Gasteiger partial charge in [0, 0.05) is 18.4 Å². The van der Waals surface area contributed by atoms with Crippen molar-refractivity contribution in [3.63, 3.8) is 0 Å². The van der Waals surface area contributed by atoms with Gasteiger partial charge in [-0.2, -0.15) is 0 Å². The first-order valence-electron chi connectivity index (χ1n) is 5.76. The van der Waals surface area contributed by atoms with Crippen LogP contribution in [0.15, 0.2) is 18.2 Å². The molecule has 1 aromatic rings. The predicted molar refractivity (Wildman–Crippen MR) is 66.8 cm³/mol. The van der Waals surface area contributed by atoms with E-state index < -0.39 is 0 Å². The van der Waals surface area contributed by atoms with Crippen molar-refractivity contribution in [3.8, 4) is 5.75 Å². The van der Waals surface area contributed by atoms with Crippen LogP contribution in [0, 0.1) is 5.92 Å². The van der Waals surface area contributed by atoms with Crippen molar-refractivity contribution in [1.29, 1.82) is 0 Å². The summed E-state index contributed by atoms with van der Waals surface area (Å²) >= 11 is 6.08. The number of hydrogen-bond donors (Lipinski definition) is 1. The quantitative estimate of drug-likeness (QED) is 0.880. The Bertz CT molecular complexity index is 377. The van der Waals surface area contributed by atoms with E-state index in [2.05, 4.69) is 0 Å². The highest BCUT2D eigenvalue weighted by molar-refractivity contribution is 6.32.